The lowest BCUT2D eigenvalue weighted by Gasteiger charge is -2.34. The zero-order valence-electron chi connectivity index (χ0n) is 10.9. The predicted molar refractivity (Wildman–Crippen MR) is 76.0 cm³/mol. The van der Waals surface area contributed by atoms with Crippen LogP contribution in [0.25, 0.3) is 10.9 Å². The van der Waals surface area contributed by atoms with Gasteiger partial charge in [0.25, 0.3) is 0 Å². The Morgan fingerprint density at radius 3 is 2.79 bits per heavy atom. The standard InChI is InChI=1S/C15H19N3O/c19-11-14(18-9-7-16-8-10-18)13-5-1-3-12-4-2-6-17-15(12)13/h1-6,14,16,19H,7-11H2. The highest BCUT2D eigenvalue weighted by molar-refractivity contribution is 5.82. The van der Waals surface area contributed by atoms with Crippen LogP contribution in [0.3, 0.4) is 0 Å². The second-order valence-corrected chi connectivity index (χ2v) is 4.91. The number of aromatic nitrogens is 1. The van der Waals surface area contributed by atoms with Crippen molar-refractivity contribution in [2.75, 3.05) is 32.8 Å². The van der Waals surface area contributed by atoms with Crippen LogP contribution >= 0.6 is 0 Å². The molecule has 0 bridgehead atoms. The molecule has 4 nitrogen and oxygen atoms in total. The van der Waals surface area contributed by atoms with Crippen molar-refractivity contribution in [1.82, 2.24) is 15.2 Å². The first-order valence-corrected chi connectivity index (χ1v) is 6.79. The smallest absolute Gasteiger partial charge is 0.0750 e. The van der Waals surface area contributed by atoms with E-state index in [0.29, 0.717) is 0 Å². The van der Waals surface area contributed by atoms with Crippen LogP contribution in [0.2, 0.25) is 0 Å². The normalized spacial score (nSPS) is 18.6. The lowest BCUT2D eigenvalue weighted by Crippen LogP contribution is -2.46. The van der Waals surface area contributed by atoms with E-state index < -0.39 is 0 Å². The summed E-state index contributed by atoms with van der Waals surface area (Å²) >= 11 is 0. The topological polar surface area (TPSA) is 48.4 Å². The number of nitrogens with one attached hydrogen (secondary N) is 1. The first-order valence-electron chi connectivity index (χ1n) is 6.79. The number of pyridine rings is 1. The summed E-state index contributed by atoms with van der Waals surface area (Å²) in [5.74, 6) is 0. The summed E-state index contributed by atoms with van der Waals surface area (Å²) in [7, 11) is 0. The van der Waals surface area contributed by atoms with Crippen molar-refractivity contribution in [1.29, 1.82) is 0 Å². The van der Waals surface area contributed by atoms with Crippen LogP contribution in [0.4, 0.5) is 0 Å². The van der Waals surface area contributed by atoms with Gasteiger partial charge >= 0.3 is 0 Å². The van der Waals surface area contributed by atoms with Crippen LogP contribution in [0.1, 0.15) is 11.6 Å². The molecule has 1 aromatic carbocycles. The van der Waals surface area contributed by atoms with E-state index in [1.165, 1.54) is 0 Å². The average Bonchev–Trinajstić information content (AvgIpc) is 2.49. The fourth-order valence-corrected chi connectivity index (χ4v) is 2.80. The number of hydrogen-bond donors (Lipinski definition) is 2. The van der Waals surface area contributed by atoms with Gasteiger partial charge in [-0.3, -0.25) is 9.88 Å². The number of nitrogens with zero attached hydrogens (tertiary/aromatic N) is 2. The van der Waals surface area contributed by atoms with Crippen molar-refractivity contribution in [2.24, 2.45) is 0 Å². The zero-order chi connectivity index (χ0) is 13.1. The summed E-state index contributed by atoms with van der Waals surface area (Å²) in [6.07, 6.45) is 1.82. The molecule has 2 aromatic rings. The first kappa shape index (κ1) is 12.5. The van der Waals surface area contributed by atoms with Gasteiger partial charge in [0.05, 0.1) is 18.2 Å². The number of fused-ring (bicyclic) bond motifs is 1. The zero-order valence-corrected chi connectivity index (χ0v) is 10.9. The number of aliphatic hydroxyl groups is 1. The number of benzene rings is 1. The van der Waals surface area contributed by atoms with Gasteiger partial charge in [0.2, 0.25) is 0 Å². The molecule has 0 amide bonds. The number of piperazine rings is 1. The highest BCUT2D eigenvalue weighted by atomic mass is 16.3. The van der Waals surface area contributed by atoms with Crippen molar-refractivity contribution >= 4 is 10.9 Å². The van der Waals surface area contributed by atoms with Crippen molar-refractivity contribution in [3.63, 3.8) is 0 Å². The molecule has 0 aliphatic carbocycles. The second-order valence-electron chi connectivity index (χ2n) is 4.91. The quantitative estimate of drug-likeness (QED) is 0.866. The van der Waals surface area contributed by atoms with Crippen LogP contribution in [-0.2, 0) is 0 Å². The summed E-state index contributed by atoms with van der Waals surface area (Å²) in [6.45, 7) is 4.03. The van der Waals surface area contributed by atoms with Crippen molar-refractivity contribution < 1.29 is 5.11 Å². The largest absolute Gasteiger partial charge is 0.394 e. The summed E-state index contributed by atoms with van der Waals surface area (Å²) < 4.78 is 0. The second kappa shape index (κ2) is 5.65. The molecule has 1 unspecified atom stereocenters. The minimum Gasteiger partial charge on any atom is -0.394 e. The minimum absolute atomic E-state index is 0.0423. The Morgan fingerprint density at radius 2 is 2.00 bits per heavy atom. The maximum absolute atomic E-state index is 9.80. The molecular formula is C15H19N3O. The fourth-order valence-electron chi connectivity index (χ4n) is 2.80. The third-order valence-corrected chi connectivity index (χ3v) is 3.79. The van der Waals surface area contributed by atoms with Gasteiger partial charge in [-0.25, -0.2) is 0 Å². The van der Waals surface area contributed by atoms with Gasteiger partial charge in [-0.1, -0.05) is 24.3 Å². The number of hydrogen-bond acceptors (Lipinski definition) is 4. The molecule has 100 valence electrons. The summed E-state index contributed by atoms with van der Waals surface area (Å²) in [4.78, 5) is 6.82. The van der Waals surface area contributed by atoms with E-state index in [1.807, 2.05) is 18.3 Å². The molecular weight excluding hydrogens is 238 g/mol. The van der Waals surface area contributed by atoms with Gasteiger partial charge in [0.1, 0.15) is 0 Å². The highest BCUT2D eigenvalue weighted by Crippen LogP contribution is 2.26. The molecule has 1 saturated heterocycles. The molecule has 0 radical (unpaired) electrons. The van der Waals surface area contributed by atoms with E-state index in [9.17, 15) is 5.11 Å². The first-order chi connectivity index (χ1) is 9.40. The Bertz CT molecular complexity index is 547. The van der Waals surface area contributed by atoms with Crippen LogP contribution in [0, 0.1) is 0 Å². The minimum atomic E-state index is 0.0423. The SMILES string of the molecule is OCC(c1cccc2cccnc12)N1CCNCC1. The van der Waals surface area contributed by atoms with E-state index in [2.05, 4.69) is 33.4 Å². The van der Waals surface area contributed by atoms with Crippen LogP contribution in [-0.4, -0.2) is 47.8 Å². The van der Waals surface area contributed by atoms with Gasteiger partial charge in [-0.15, -0.1) is 0 Å². The van der Waals surface area contributed by atoms with Crippen molar-refractivity contribution in [3.05, 3.63) is 42.1 Å². The van der Waals surface area contributed by atoms with Gasteiger partial charge in [0.15, 0.2) is 0 Å². The molecule has 1 fully saturated rings. The van der Waals surface area contributed by atoms with Gasteiger partial charge in [-0.2, -0.15) is 0 Å². The number of rotatable bonds is 3. The number of aliphatic hydroxyl groups excluding tert-OH is 1. The Labute approximate surface area is 113 Å². The summed E-state index contributed by atoms with van der Waals surface area (Å²) in [5.41, 5.74) is 2.13. The third-order valence-electron chi connectivity index (χ3n) is 3.79. The molecule has 0 saturated carbocycles. The molecule has 4 heteroatoms. The highest BCUT2D eigenvalue weighted by Gasteiger charge is 2.23. The van der Waals surface area contributed by atoms with Gasteiger partial charge in [-0.05, 0) is 11.6 Å². The molecule has 2 heterocycles. The Morgan fingerprint density at radius 1 is 1.21 bits per heavy atom. The van der Waals surface area contributed by atoms with Crippen molar-refractivity contribution in [3.8, 4) is 0 Å². The van der Waals surface area contributed by atoms with Crippen molar-refractivity contribution in [2.45, 2.75) is 6.04 Å². The van der Waals surface area contributed by atoms with Crippen LogP contribution < -0.4 is 5.32 Å². The molecule has 1 atom stereocenters. The maximum atomic E-state index is 9.80. The van der Waals surface area contributed by atoms with Crippen LogP contribution in [0.5, 0.6) is 0 Å². The summed E-state index contributed by atoms with van der Waals surface area (Å²) in [5, 5.41) is 14.3. The predicted octanol–water partition coefficient (Wildman–Crippen LogP) is 1.17. The lowest BCUT2D eigenvalue weighted by atomic mass is 10.0. The molecule has 19 heavy (non-hydrogen) atoms. The lowest BCUT2D eigenvalue weighted by molar-refractivity contribution is 0.111. The fraction of sp³-hybridized carbons (Fsp3) is 0.400. The average molecular weight is 257 g/mol. The molecule has 1 aliphatic heterocycles. The van der Waals surface area contributed by atoms with Gasteiger partial charge in [0, 0.05) is 37.8 Å². The van der Waals surface area contributed by atoms with E-state index in [-0.39, 0.29) is 12.6 Å². The van der Waals surface area contributed by atoms with Crippen LogP contribution in [0.15, 0.2) is 36.5 Å². The van der Waals surface area contributed by atoms with E-state index in [1.54, 1.807) is 0 Å². The molecule has 3 rings (SSSR count). The maximum Gasteiger partial charge on any atom is 0.0750 e. The molecule has 1 aromatic heterocycles. The Balaban J connectivity index is 2.00. The number of para-hydroxylation sites is 1. The Hall–Kier alpha value is -1.49. The Kier molecular flexibility index (Phi) is 3.73. The summed E-state index contributed by atoms with van der Waals surface area (Å²) in [6, 6.07) is 10.3. The molecule has 2 N–H and O–H groups in total. The third kappa shape index (κ3) is 2.47. The van der Waals surface area contributed by atoms with E-state index in [4.69, 9.17) is 0 Å². The monoisotopic (exact) mass is 257 g/mol. The molecule has 1 aliphatic rings. The van der Waals surface area contributed by atoms with E-state index >= 15 is 0 Å². The van der Waals surface area contributed by atoms with Gasteiger partial charge < -0.3 is 10.4 Å². The van der Waals surface area contributed by atoms with E-state index in [0.717, 1.165) is 42.6 Å². The molecule has 0 spiro atoms.